The first-order valence-corrected chi connectivity index (χ1v) is 12.4. The number of carbonyl (C=O) groups excluding carboxylic acids is 2. The number of nitrogens with zero attached hydrogens (tertiary/aromatic N) is 4. The molecule has 0 aliphatic carbocycles. The lowest BCUT2D eigenvalue weighted by Gasteiger charge is -2.34. The summed E-state index contributed by atoms with van der Waals surface area (Å²) in [4.78, 5) is 33.6. The highest BCUT2D eigenvalue weighted by Crippen LogP contribution is 2.32. The zero-order valence-corrected chi connectivity index (χ0v) is 20.3. The van der Waals surface area contributed by atoms with Crippen LogP contribution in [0.3, 0.4) is 0 Å². The maximum absolute atomic E-state index is 13.0. The molecule has 2 aliphatic heterocycles. The van der Waals surface area contributed by atoms with Crippen LogP contribution in [0.5, 0.6) is 11.5 Å². The fraction of sp³-hybridized carbons (Fsp3) is 0.320. The SMILES string of the molecule is Cn1ccnc1SCC(=O)Nc1ccc(C(=O)N2CCN(Cc3ccc4c(c3)OCO4)CC2)cc1. The van der Waals surface area contributed by atoms with E-state index in [-0.39, 0.29) is 24.4 Å². The third kappa shape index (κ3) is 5.60. The molecule has 0 radical (unpaired) electrons. The second-order valence-corrected chi connectivity index (χ2v) is 9.43. The number of thioether (sulfide) groups is 1. The number of aryl methyl sites for hydroxylation is 1. The van der Waals surface area contributed by atoms with Crippen LogP contribution in [-0.2, 0) is 18.4 Å². The van der Waals surface area contributed by atoms with Gasteiger partial charge in [-0.3, -0.25) is 14.5 Å². The molecule has 0 spiro atoms. The summed E-state index contributed by atoms with van der Waals surface area (Å²) in [5, 5.41) is 3.66. The summed E-state index contributed by atoms with van der Waals surface area (Å²) in [6.07, 6.45) is 3.55. The minimum Gasteiger partial charge on any atom is -0.454 e. The lowest BCUT2D eigenvalue weighted by molar-refractivity contribution is -0.113. The largest absolute Gasteiger partial charge is 0.454 e. The molecule has 0 atom stereocenters. The second-order valence-electron chi connectivity index (χ2n) is 8.49. The van der Waals surface area contributed by atoms with Gasteiger partial charge in [-0.1, -0.05) is 17.8 Å². The van der Waals surface area contributed by atoms with Gasteiger partial charge in [0.2, 0.25) is 12.7 Å². The van der Waals surface area contributed by atoms with Gasteiger partial charge in [0.25, 0.3) is 5.91 Å². The molecule has 3 heterocycles. The van der Waals surface area contributed by atoms with E-state index in [0.717, 1.165) is 36.3 Å². The fourth-order valence-electron chi connectivity index (χ4n) is 4.10. The molecule has 1 aromatic heterocycles. The Bertz CT molecular complexity index is 1200. The summed E-state index contributed by atoms with van der Waals surface area (Å²) in [5.74, 6) is 1.75. The molecule has 1 fully saturated rings. The van der Waals surface area contributed by atoms with Crippen molar-refractivity contribution in [2.24, 2.45) is 7.05 Å². The van der Waals surface area contributed by atoms with Gasteiger partial charge in [-0.05, 0) is 42.0 Å². The highest BCUT2D eigenvalue weighted by Gasteiger charge is 2.23. The van der Waals surface area contributed by atoms with Gasteiger partial charge in [0.15, 0.2) is 16.7 Å². The van der Waals surface area contributed by atoms with Crippen molar-refractivity contribution in [2.45, 2.75) is 11.7 Å². The summed E-state index contributed by atoms with van der Waals surface area (Å²) in [6, 6.07) is 13.1. The van der Waals surface area contributed by atoms with Crippen LogP contribution in [0.15, 0.2) is 60.0 Å². The number of benzene rings is 2. The van der Waals surface area contributed by atoms with Gasteiger partial charge in [0.05, 0.1) is 5.75 Å². The topological polar surface area (TPSA) is 88.9 Å². The van der Waals surface area contributed by atoms with Crippen molar-refractivity contribution in [3.05, 3.63) is 66.0 Å². The van der Waals surface area contributed by atoms with Gasteiger partial charge >= 0.3 is 0 Å². The Labute approximate surface area is 208 Å². The van der Waals surface area contributed by atoms with Gasteiger partial charge in [0.1, 0.15) is 0 Å². The first kappa shape index (κ1) is 23.3. The van der Waals surface area contributed by atoms with Crippen molar-refractivity contribution in [3.63, 3.8) is 0 Å². The number of hydrogen-bond donors (Lipinski definition) is 1. The molecular formula is C25H27N5O4S. The number of carbonyl (C=O) groups is 2. The minimum absolute atomic E-state index is 0.0101. The number of aromatic nitrogens is 2. The Morgan fingerprint density at radius 3 is 2.54 bits per heavy atom. The maximum atomic E-state index is 13.0. The molecule has 0 unspecified atom stereocenters. The van der Waals surface area contributed by atoms with Gasteiger partial charge in [-0.15, -0.1) is 0 Å². The average molecular weight is 494 g/mol. The predicted molar refractivity (Wildman–Crippen MR) is 133 cm³/mol. The number of anilines is 1. The first-order chi connectivity index (χ1) is 17.0. The number of piperazine rings is 1. The van der Waals surface area contributed by atoms with Crippen LogP contribution in [0.25, 0.3) is 0 Å². The van der Waals surface area contributed by atoms with Crippen molar-refractivity contribution >= 4 is 29.3 Å². The normalized spacial score (nSPS) is 15.3. The number of fused-ring (bicyclic) bond motifs is 1. The van der Waals surface area contributed by atoms with E-state index in [1.807, 2.05) is 34.8 Å². The number of imidazole rings is 1. The van der Waals surface area contributed by atoms with Crippen molar-refractivity contribution in [3.8, 4) is 11.5 Å². The molecule has 10 heteroatoms. The van der Waals surface area contributed by atoms with Crippen LogP contribution in [0.1, 0.15) is 15.9 Å². The van der Waals surface area contributed by atoms with Crippen LogP contribution >= 0.6 is 11.8 Å². The van der Waals surface area contributed by atoms with Crippen LogP contribution in [0.4, 0.5) is 5.69 Å². The molecule has 2 aliphatic rings. The van der Waals surface area contributed by atoms with Crippen LogP contribution in [0.2, 0.25) is 0 Å². The summed E-state index contributed by atoms with van der Waals surface area (Å²) in [6.45, 7) is 4.05. The Kier molecular flexibility index (Phi) is 6.91. The van der Waals surface area contributed by atoms with E-state index in [1.165, 1.54) is 17.3 Å². The number of amides is 2. The van der Waals surface area contributed by atoms with Gasteiger partial charge in [0, 0.05) is 63.4 Å². The number of ether oxygens (including phenoxy) is 2. The molecule has 2 aromatic carbocycles. The molecular weight excluding hydrogens is 466 g/mol. The molecule has 35 heavy (non-hydrogen) atoms. The van der Waals surface area contributed by atoms with Crippen molar-refractivity contribution < 1.29 is 19.1 Å². The predicted octanol–water partition coefficient (Wildman–Crippen LogP) is 2.84. The summed E-state index contributed by atoms with van der Waals surface area (Å²) in [5.41, 5.74) is 2.46. The monoisotopic (exact) mass is 493 g/mol. The van der Waals surface area contributed by atoms with E-state index in [2.05, 4.69) is 21.3 Å². The first-order valence-electron chi connectivity index (χ1n) is 11.5. The van der Waals surface area contributed by atoms with Gasteiger partial charge < -0.3 is 24.3 Å². The van der Waals surface area contributed by atoms with Crippen LogP contribution < -0.4 is 14.8 Å². The number of rotatable bonds is 7. The van der Waals surface area contributed by atoms with Gasteiger partial charge in [-0.2, -0.15) is 0 Å². The molecule has 0 saturated carbocycles. The Morgan fingerprint density at radius 1 is 1.03 bits per heavy atom. The zero-order chi connectivity index (χ0) is 24.2. The Hall–Kier alpha value is -3.50. The lowest BCUT2D eigenvalue weighted by atomic mass is 10.1. The van der Waals surface area contributed by atoms with Crippen molar-refractivity contribution in [2.75, 3.05) is 44.0 Å². The lowest BCUT2D eigenvalue weighted by Crippen LogP contribution is -2.48. The maximum Gasteiger partial charge on any atom is 0.253 e. The quantitative estimate of drug-likeness (QED) is 0.507. The smallest absolute Gasteiger partial charge is 0.253 e. The van der Waals surface area contributed by atoms with E-state index in [0.29, 0.717) is 24.3 Å². The third-order valence-corrected chi connectivity index (χ3v) is 7.09. The average Bonchev–Trinajstić information content (AvgIpc) is 3.51. The highest BCUT2D eigenvalue weighted by atomic mass is 32.2. The molecule has 182 valence electrons. The Balaban J connectivity index is 1.08. The number of hydrogen-bond acceptors (Lipinski definition) is 7. The standard InChI is InChI=1S/C25H27N5O4S/c1-28-9-8-26-25(28)35-16-23(31)27-20-5-3-19(4-6-20)24(32)30-12-10-29(11-13-30)15-18-2-7-21-22(14-18)34-17-33-21/h2-9,14H,10-13,15-17H2,1H3,(H,27,31). The molecule has 2 amide bonds. The summed E-state index contributed by atoms with van der Waals surface area (Å²) in [7, 11) is 1.89. The van der Waals surface area contributed by atoms with E-state index in [9.17, 15) is 9.59 Å². The van der Waals surface area contributed by atoms with E-state index >= 15 is 0 Å². The molecule has 9 nitrogen and oxygen atoms in total. The fourth-order valence-corrected chi connectivity index (χ4v) is 4.84. The van der Waals surface area contributed by atoms with Gasteiger partial charge in [-0.25, -0.2) is 4.98 Å². The molecule has 0 bridgehead atoms. The minimum atomic E-state index is -0.115. The second kappa shape index (κ2) is 10.4. The Morgan fingerprint density at radius 2 is 1.80 bits per heavy atom. The number of nitrogens with one attached hydrogen (secondary N) is 1. The molecule has 5 rings (SSSR count). The van der Waals surface area contributed by atoms with Crippen LogP contribution in [-0.4, -0.2) is 69.9 Å². The zero-order valence-electron chi connectivity index (χ0n) is 19.5. The third-order valence-electron chi connectivity index (χ3n) is 6.03. The summed E-state index contributed by atoms with van der Waals surface area (Å²) < 4.78 is 12.7. The van der Waals surface area contributed by atoms with Crippen molar-refractivity contribution in [1.29, 1.82) is 0 Å². The van der Waals surface area contributed by atoms with E-state index in [1.54, 1.807) is 30.5 Å². The highest BCUT2D eigenvalue weighted by molar-refractivity contribution is 7.99. The van der Waals surface area contributed by atoms with E-state index < -0.39 is 0 Å². The molecule has 3 aromatic rings. The van der Waals surface area contributed by atoms with Crippen molar-refractivity contribution in [1.82, 2.24) is 19.4 Å². The van der Waals surface area contributed by atoms with Crippen LogP contribution in [0, 0.1) is 0 Å². The molecule has 1 saturated heterocycles. The molecule has 1 N–H and O–H groups in total. The van der Waals surface area contributed by atoms with E-state index in [4.69, 9.17) is 9.47 Å². The summed E-state index contributed by atoms with van der Waals surface area (Å²) >= 11 is 1.38.